The van der Waals surface area contributed by atoms with Crippen molar-refractivity contribution in [1.29, 1.82) is 0 Å². The third kappa shape index (κ3) is 4.09. The summed E-state index contributed by atoms with van der Waals surface area (Å²) in [7, 11) is 0. The van der Waals surface area contributed by atoms with Gasteiger partial charge in [0.15, 0.2) is 5.16 Å². The van der Waals surface area contributed by atoms with Crippen molar-refractivity contribution < 1.29 is 9.72 Å². The topological polar surface area (TPSA) is 98.0 Å². The van der Waals surface area contributed by atoms with Gasteiger partial charge in [-0.3, -0.25) is 14.9 Å². The van der Waals surface area contributed by atoms with Crippen LogP contribution in [0.15, 0.2) is 47.6 Å². The van der Waals surface area contributed by atoms with Crippen LogP contribution >= 0.6 is 23.4 Å². The van der Waals surface area contributed by atoms with E-state index in [1.54, 1.807) is 0 Å². The third-order valence-electron chi connectivity index (χ3n) is 3.53. The highest BCUT2D eigenvalue weighted by molar-refractivity contribution is 7.99. The SMILES string of the molecule is Cc1nc(SCC(=O)Nc2ccc(Cl)c([N+](=O)[O-])c2)nc2ccccc12. The maximum absolute atomic E-state index is 12.1. The third-order valence-corrected chi connectivity index (χ3v) is 4.70. The van der Waals surface area contributed by atoms with E-state index in [0.29, 0.717) is 10.8 Å². The molecule has 0 saturated carbocycles. The summed E-state index contributed by atoms with van der Waals surface area (Å²) < 4.78 is 0. The molecule has 3 aromatic rings. The molecule has 1 aromatic heterocycles. The molecule has 7 nitrogen and oxygen atoms in total. The van der Waals surface area contributed by atoms with Crippen LogP contribution < -0.4 is 5.32 Å². The lowest BCUT2D eigenvalue weighted by atomic mass is 10.2. The van der Waals surface area contributed by atoms with E-state index in [1.165, 1.54) is 30.0 Å². The molecule has 0 radical (unpaired) electrons. The monoisotopic (exact) mass is 388 g/mol. The normalized spacial score (nSPS) is 10.7. The molecule has 1 heterocycles. The summed E-state index contributed by atoms with van der Waals surface area (Å²) in [6.07, 6.45) is 0. The number of hydrogen-bond acceptors (Lipinski definition) is 6. The van der Waals surface area contributed by atoms with E-state index in [1.807, 2.05) is 31.2 Å². The van der Waals surface area contributed by atoms with Crippen LogP contribution in [0.1, 0.15) is 5.69 Å². The molecule has 0 aliphatic heterocycles. The van der Waals surface area contributed by atoms with Crippen LogP contribution in [0.3, 0.4) is 0 Å². The lowest BCUT2D eigenvalue weighted by molar-refractivity contribution is -0.384. The largest absolute Gasteiger partial charge is 0.325 e. The Morgan fingerprint density at radius 1 is 1.27 bits per heavy atom. The van der Waals surface area contributed by atoms with Crippen LogP contribution in [0.2, 0.25) is 5.02 Å². The first-order chi connectivity index (χ1) is 12.4. The molecule has 0 bridgehead atoms. The predicted octanol–water partition coefficient (Wildman–Crippen LogP) is 4.23. The van der Waals surface area contributed by atoms with Crippen LogP contribution in [0.5, 0.6) is 0 Å². The number of hydrogen-bond donors (Lipinski definition) is 1. The summed E-state index contributed by atoms with van der Waals surface area (Å²) in [5, 5.41) is 15.0. The number of para-hydroxylation sites is 1. The van der Waals surface area contributed by atoms with Gasteiger partial charge in [0, 0.05) is 22.8 Å². The molecule has 0 atom stereocenters. The molecule has 132 valence electrons. The summed E-state index contributed by atoms with van der Waals surface area (Å²) in [6, 6.07) is 11.8. The number of halogens is 1. The Kier molecular flexibility index (Phi) is 5.34. The molecule has 9 heteroatoms. The summed E-state index contributed by atoms with van der Waals surface area (Å²) in [5.74, 6) is -0.241. The van der Waals surface area contributed by atoms with Gasteiger partial charge in [0.2, 0.25) is 5.91 Å². The smallest absolute Gasteiger partial charge is 0.289 e. The van der Waals surface area contributed by atoms with Gasteiger partial charge >= 0.3 is 0 Å². The summed E-state index contributed by atoms with van der Waals surface area (Å²) in [6.45, 7) is 1.89. The van der Waals surface area contributed by atoms with Crippen molar-refractivity contribution in [3.8, 4) is 0 Å². The minimum absolute atomic E-state index is 0.0161. The molecule has 0 aliphatic rings. The molecule has 1 amide bonds. The molecule has 3 rings (SSSR count). The predicted molar refractivity (Wildman–Crippen MR) is 102 cm³/mol. The van der Waals surface area contributed by atoms with E-state index in [0.717, 1.165) is 16.6 Å². The van der Waals surface area contributed by atoms with Gasteiger partial charge in [0.1, 0.15) is 5.02 Å². The Morgan fingerprint density at radius 3 is 2.81 bits per heavy atom. The maximum atomic E-state index is 12.1. The number of carbonyl (C=O) groups excluding carboxylic acids is 1. The average molecular weight is 389 g/mol. The number of fused-ring (bicyclic) bond motifs is 1. The van der Waals surface area contributed by atoms with Crippen LogP contribution in [0.4, 0.5) is 11.4 Å². The molecule has 26 heavy (non-hydrogen) atoms. The fourth-order valence-electron chi connectivity index (χ4n) is 2.33. The fourth-order valence-corrected chi connectivity index (χ4v) is 3.21. The summed E-state index contributed by atoms with van der Waals surface area (Å²) >= 11 is 6.95. The first kappa shape index (κ1) is 18.1. The molecule has 0 aliphatic carbocycles. The molecule has 0 unspecified atom stereocenters. The van der Waals surface area contributed by atoms with Gasteiger partial charge in [-0.1, -0.05) is 41.6 Å². The molecular formula is C17H13ClN4O3S. The highest BCUT2D eigenvalue weighted by atomic mass is 35.5. The number of anilines is 1. The van der Waals surface area contributed by atoms with Gasteiger partial charge in [-0.2, -0.15) is 0 Å². The van der Waals surface area contributed by atoms with E-state index in [9.17, 15) is 14.9 Å². The van der Waals surface area contributed by atoms with E-state index < -0.39 is 4.92 Å². The van der Waals surface area contributed by atoms with Crippen molar-refractivity contribution in [1.82, 2.24) is 9.97 Å². The molecule has 0 saturated heterocycles. The van der Waals surface area contributed by atoms with Crippen molar-refractivity contribution in [3.05, 3.63) is 63.3 Å². The molecule has 1 N–H and O–H groups in total. The van der Waals surface area contributed by atoms with Crippen LogP contribution in [0, 0.1) is 17.0 Å². The number of nitrogens with one attached hydrogen (secondary N) is 1. The van der Waals surface area contributed by atoms with E-state index in [2.05, 4.69) is 15.3 Å². The number of nitrogens with zero attached hydrogens (tertiary/aromatic N) is 3. The summed E-state index contributed by atoms with van der Waals surface area (Å²) in [5.41, 5.74) is 1.70. The first-order valence-corrected chi connectivity index (χ1v) is 8.90. The van der Waals surface area contributed by atoms with Gasteiger partial charge in [0.25, 0.3) is 5.69 Å². The van der Waals surface area contributed by atoms with Crippen molar-refractivity contribution in [3.63, 3.8) is 0 Å². The van der Waals surface area contributed by atoms with Gasteiger partial charge < -0.3 is 5.32 Å². The number of aryl methyl sites for hydroxylation is 1. The molecule has 0 spiro atoms. The van der Waals surface area contributed by atoms with E-state index in [-0.39, 0.29) is 22.4 Å². The molecule has 2 aromatic carbocycles. The minimum atomic E-state index is -0.599. The highest BCUT2D eigenvalue weighted by Crippen LogP contribution is 2.27. The number of nitro benzene ring substituents is 1. The number of amides is 1. The highest BCUT2D eigenvalue weighted by Gasteiger charge is 2.14. The number of rotatable bonds is 5. The second-order valence-electron chi connectivity index (χ2n) is 5.37. The quantitative estimate of drug-likeness (QED) is 0.304. The Bertz CT molecular complexity index is 1010. The van der Waals surface area contributed by atoms with Crippen molar-refractivity contribution >= 4 is 51.5 Å². The second kappa shape index (κ2) is 7.67. The van der Waals surface area contributed by atoms with Gasteiger partial charge in [-0.15, -0.1) is 0 Å². The standard InChI is InChI=1S/C17H13ClN4O3S/c1-10-12-4-2-3-5-14(12)21-17(19-10)26-9-16(23)20-11-6-7-13(18)15(8-11)22(24)25/h2-8H,9H2,1H3,(H,20,23). The zero-order chi connectivity index (χ0) is 18.7. The minimum Gasteiger partial charge on any atom is -0.325 e. The Hall–Kier alpha value is -2.71. The lowest BCUT2D eigenvalue weighted by Gasteiger charge is -2.07. The number of carbonyl (C=O) groups is 1. The first-order valence-electron chi connectivity index (χ1n) is 7.54. The van der Waals surface area contributed by atoms with Gasteiger partial charge in [-0.05, 0) is 25.1 Å². The van der Waals surface area contributed by atoms with E-state index in [4.69, 9.17) is 11.6 Å². The second-order valence-corrected chi connectivity index (χ2v) is 6.72. The van der Waals surface area contributed by atoms with Crippen LogP contribution in [-0.4, -0.2) is 26.6 Å². The number of aromatic nitrogens is 2. The number of benzene rings is 2. The van der Waals surface area contributed by atoms with Crippen LogP contribution in [0.25, 0.3) is 10.9 Å². The number of thioether (sulfide) groups is 1. The Morgan fingerprint density at radius 2 is 2.04 bits per heavy atom. The fraction of sp³-hybridized carbons (Fsp3) is 0.118. The van der Waals surface area contributed by atoms with Crippen molar-refractivity contribution in [2.24, 2.45) is 0 Å². The van der Waals surface area contributed by atoms with Crippen molar-refractivity contribution in [2.75, 3.05) is 11.1 Å². The van der Waals surface area contributed by atoms with Gasteiger partial charge in [-0.25, -0.2) is 9.97 Å². The van der Waals surface area contributed by atoms with Crippen LogP contribution in [-0.2, 0) is 4.79 Å². The zero-order valence-corrected chi connectivity index (χ0v) is 15.2. The lowest BCUT2D eigenvalue weighted by Crippen LogP contribution is -2.14. The zero-order valence-electron chi connectivity index (χ0n) is 13.6. The van der Waals surface area contributed by atoms with Crippen molar-refractivity contribution in [2.45, 2.75) is 12.1 Å². The Labute approximate surface area is 157 Å². The van der Waals surface area contributed by atoms with Gasteiger partial charge in [0.05, 0.1) is 16.2 Å². The molecule has 0 fully saturated rings. The number of nitro groups is 1. The Balaban J connectivity index is 1.68. The molecular weight excluding hydrogens is 376 g/mol. The summed E-state index contributed by atoms with van der Waals surface area (Å²) in [4.78, 5) is 31.2. The maximum Gasteiger partial charge on any atom is 0.289 e. The van der Waals surface area contributed by atoms with E-state index >= 15 is 0 Å². The average Bonchev–Trinajstić information content (AvgIpc) is 2.61.